The second-order valence-corrected chi connectivity index (χ2v) is 12.3. The van der Waals surface area contributed by atoms with Gasteiger partial charge in [-0.25, -0.2) is 0 Å². The Hall–Kier alpha value is -4.17. The maximum Gasteiger partial charge on any atom is 0.300 e. The van der Waals surface area contributed by atoms with Crippen LogP contribution in [-0.4, -0.2) is 74.6 Å². The molecular weight excluding hydrogens is 624 g/mol. The van der Waals surface area contributed by atoms with Gasteiger partial charge < -0.3 is 44.5 Å². The summed E-state index contributed by atoms with van der Waals surface area (Å²) in [6, 6.07) is 20.3. The largest absolute Gasteiger partial charge is 0.612 e. The summed E-state index contributed by atoms with van der Waals surface area (Å²) in [5.41, 5.74) is 5.00. The first-order valence-corrected chi connectivity index (χ1v) is 16.6. The van der Waals surface area contributed by atoms with Gasteiger partial charge in [0.1, 0.15) is 18.6 Å². The number of benzene rings is 3. The molecule has 0 saturated heterocycles. The first kappa shape index (κ1) is 35.7. The number of hydrogen-bond donors (Lipinski definition) is 5. The van der Waals surface area contributed by atoms with Crippen molar-refractivity contribution in [1.82, 2.24) is 10.3 Å². The van der Waals surface area contributed by atoms with Crippen LogP contribution in [0.15, 0.2) is 84.0 Å². The fourth-order valence-electron chi connectivity index (χ4n) is 4.80. The number of aromatic hydroxyl groups is 1. The van der Waals surface area contributed by atoms with Gasteiger partial charge in [-0.1, -0.05) is 12.1 Å². The van der Waals surface area contributed by atoms with Crippen LogP contribution in [0.3, 0.4) is 0 Å². The predicted octanol–water partition coefficient (Wildman–Crippen LogP) is 4.00. The molecule has 0 spiro atoms. The van der Waals surface area contributed by atoms with Crippen molar-refractivity contribution < 1.29 is 44.0 Å². The summed E-state index contributed by atoms with van der Waals surface area (Å²) in [5, 5.41) is 40.2. The molecule has 5 N–H and O–H groups in total. The van der Waals surface area contributed by atoms with Gasteiger partial charge in [0.15, 0.2) is 22.5 Å². The molecule has 2 heterocycles. The number of hydrogen-bond acceptors (Lipinski definition) is 10. The topological polar surface area (TPSA) is 174 Å². The molecule has 3 atom stereocenters. The summed E-state index contributed by atoms with van der Waals surface area (Å²) in [4.78, 5) is 14.1. The molecule has 0 bridgehead atoms. The smallest absolute Gasteiger partial charge is 0.300 e. The van der Waals surface area contributed by atoms with Crippen LogP contribution in [0.2, 0.25) is 0 Å². The number of carbonyl (C=O) groups is 1. The van der Waals surface area contributed by atoms with Crippen LogP contribution in [0.5, 0.6) is 17.2 Å². The van der Waals surface area contributed by atoms with E-state index < -0.39 is 23.2 Å². The maximum atomic E-state index is 11.7. The van der Waals surface area contributed by atoms with Crippen LogP contribution in [0.1, 0.15) is 35.3 Å². The summed E-state index contributed by atoms with van der Waals surface area (Å²) in [6.07, 6.45) is 4.97. The third kappa shape index (κ3) is 11.0. The molecule has 1 aliphatic rings. The van der Waals surface area contributed by atoms with Crippen molar-refractivity contribution in [2.75, 3.05) is 32.6 Å². The highest BCUT2D eigenvalue weighted by Crippen LogP contribution is 2.33. The zero-order valence-electron chi connectivity index (χ0n) is 26.3. The average Bonchev–Trinajstić information content (AvgIpc) is 3.06. The van der Waals surface area contributed by atoms with Crippen LogP contribution in [0, 0.1) is 0 Å². The van der Waals surface area contributed by atoms with Crippen molar-refractivity contribution in [1.29, 1.82) is 0 Å². The minimum absolute atomic E-state index is 0.0112. The van der Waals surface area contributed by atoms with E-state index in [1.165, 1.54) is 6.07 Å². The lowest BCUT2D eigenvalue weighted by atomic mass is 10.1. The molecule has 0 fully saturated rings. The van der Waals surface area contributed by atoms with Crippen molar-refractivity contribution in [3.63, 3.8) is 0 Å². The van der Waals surface area contributed by atoms with Crippen molar-refractivity contribution in [3.8, 4) is 28.4 Å². The monoisotopic (exact) mass is 664 g/mol. The number of aromatic nitrogens is 1. The molecule has 47 heavy (non-hydrogen) atoms. The SMILES string of the molecule is CC(=O)O.C[S+]([O-])c1ccc(-c2cncc(COC[C@@H]3COc4ccc(CCNC[C@H](O)c5ccc(O)c(CO)c5)cc4O3)c2)cc1. The average molecular weight is 665 g/mol. The Morgan fingerprint density at radius 1 is 1.06 bits per heavy atom. The van der Waals surface area contributed by atoms with Crippen LogP contribution < -0.4 is 14.8 Å². The second kappa shape index (κ2) is 17.7. The molecule has 3 aromatic carbocycles. The van der Waals surface area contributed by atoms with Crippen LogP contribution >= 0.6 is 0 Å². The van der Waals surface area contributed by atoms with Crippen LogP contribution in [-0.2, 0) is 40.3 Å². The highest BCUT2D eigenvalue weighted by Gasteiger charge is 2.22. The highest BCUT2D eigenvalue weighted by atomic mass is 32.2. The number of rotatable bonds is 13. The van der Waals surface area contributed by atoms with E-state index in [9.17, 15) is 19.9 Å². The molecule has 5 rings (SSSR count). The van der Waals surface area contributed by atoms with E-state index in [1.807, 2.05) is 48.5 Å². The normalized spacial score (nSPS) is 14.9. The van der Waals surface area contributed by atoms with E-state index in [0.717, 1.165) is 40.5 Å². The van der Waals surface area contributed by atoms with E-state index in [2.05, 4.69) is 10.3 Å². The molecule has 250 valence electrons. The molecule has 4 aromatic rings. The number of aliphatic hydroxyl groups excluding tert-OH is 2. The molecule has 0 amide bonds. The standard InChI is InChI=1S/C33H36N2O7S.C2H4O2/c1-43(39)29-6-3-24(4-7-29)26-12-23(15-35-16-26)19-40-20-28-21-41-32-9-2-22(13-33(32)42-28)10-11-34-17-31(38)25-5-8-30(37)27(14-25)18-36;1-2(3)4/h2-9,12-16,28,31,34,36-38H,10-11,17-21H2,1H3;1H3,(H,3,4)/t28-,31+,43?;/m1./s1. The van der Waals surface area contributed by atoms with E-state index in [-0.39, 0.29) is 18.5 Å². The van der Waals surface area contributed by atoms with E-state index >= 15 is 0 Å². The van der Waals surface area contributed by atoms with Crippen molar-refractivity contribution in [2.24, 2.45) is 0 Å². The number of carboxylic acid groups (broad SMARTS) is 1. The minimum Gasteiger partial charge on any atom is -0.612 e. The summed E-state index contributed by atoms with van der Waals surface area (Å²) < 4.78 is 29.7. The molecule has 1 aromatic heterocycles. The zero-order valence-corrected chi connectivity index (χ0v) is 27.1. The third-order valence-corrected chi connectivity index (χ3v) is 8.14. The molecule has 12 heteroatoms. The Labute approximate surface area is 277 Å². The Kier molecular flexibility index (Phi) is 13.4. The minimum atomic E-state index is -1.01. The number of nitrogens with one attached hydrogen (secondary N) is 1. The number of fused-ring (bicyclic) bond motifs is 1. The number of carboxylic acids is 1. The Balaban J connectivity index is 0.00000118. The lowest BCUT2D eigenvalue weighted by Gasteiger charge is -2.27. The van der Waals surface area contributed by atoms with Gasteiger partial charge in [-0.05, 0) is 101 Å². The van der Waals surface area contributed by atoms with Gasteiger partial charge in [0.05, 0.1) is 25.9 Å². The first-order chi connectivity index (χ1) is 22.6. The Morgan fingerprint density at radius 3 is 2.55 bits per heavy atom. The van der Waals surface area contributed by atoms with Crippen LogP contribution in [0.25, 0.3) is 11.1 Å². The summed E-state index contributed by atoms with van der Waals surface area (Å²) in [6.45, 7) is 2.91. The van der Waals surface area contributed by atoms with Gasteiger partial charge in [-0.2, -0.15) is 0 Å². The molecule has 0 saturated carbocycles. The number of nitrogens with zero attached hydrogens (tertiary/aromatic N) is 1. The number of aliphatic hydroxyl groups is 2. The lowest BCUT2D eigenvalue weighted by Crippen LogP contribution is -2.33. The van der Waals surface area contributed by atoms with Crippen molar-refractivity contribution in [2.45, 2.75) is 43.7 Å². The van der Waals surface area contributed by atoms with Gasteiger partial charge in [-0.3, -0.25) is 9.78 Å². The van der Waals surface area contributed by atoms with Gasteiger partial charge >= 0.3 is 0 Å². The highest BCUT2D eigenvalue weighted by molar-refractivity contribution is 7.90. The van der Waals surface area contributed by atoms with E-state index in [0.29, 0.717) is 55.5 Å². The summed E-state index contributed by atoms with van der Waals surface area (Å²) >= 11 is -1.01. The Bertz CT molecular complexity index is 1600. The molecular formula is C35H40N2O9S. The molecule has 11 nitrogen and oxygen atoms in total. The van der Waals surface area contributed by atoms with E-state index in [4.69, 9.17) is 24.1 Å². The van der Waals surface area contributed by atoms with Gasteiger partial charge in [0, 0.05) is 37.0 Å². The number of ether oxygens (including phenoxy) is 3. The summed E-state index contributed by atoms with van der Waals surface area (Å²) in [5.74, 6) is 0.556. The van der Waals surface area contributed by atoms with Crippen molar-refractivity contribution >= 4 is 17.1 Å². The molecule has 1 aliphatic heterocycles. The Morgan fingerprint density at radius 2 is 1.83 bits per heavy atom. The summed E-state index contributed by atoms with van der Waals surface area (Å²) in [7, 11) is 0. The second-order valence-electron chi connectivity index (χ2n) is 10.9. The predicted molar refractivity (Wildman–Crippen MR) is 177 cm³/mol. The van der Waals surface area contributed by atoms with Crippen LogP contribution in [0.4, 0.5) is 0 Å². The van der Waals surface area contributed by atoms with Crippen molar-refractivity contribution in [3.05, 3.63) is 101 Å². The zero-order chi connectivity index (χ0) is 33.8. The molecule has 0 aliphatic carbocycles. The van der Waals surface area contributed by atoms with Gasteiger partial charge in [0.25, 0.3) is 5.97 Å². The third-order valence-electron chi connectivity index (χ3n) is 7.20. The van der Waals surface area contributed by atoms with E-state index in [1.54, 1.807) is 30.8 Å². The molecule has 1 unspecified atom stereocenters. The molecule has 0 radical (unpaired) electrons. The lowest BCUT2D eigenvalue weighted by molar-refractivity contribution is -0.134. The quantitative estimate of drug-likeness (QED) is 0.103. The fraction of sp³-hybridized carbons (Fsp3) is 0.314. The first-order valence-electron chi connectivity index (χ1n) is 15.0. The number of aliphatic carboxylic acids is 1. The number of pyridine rings is 1. The maximum absolute atomic E-state index is 11.7. The van der Waals surface area contributed by atoms with Gasteiger partial charge in [0.2, 0.25) is 0 Å². The number of phenols is 1. The van der Waals surface area contributed by atoms with Gasteiger partial charge in [-0.15, -0.1) is 0 Å². The fourth-order valence-corrected chi connectivity index (χ4v) is 5.32.